The number of unbranched alkanes of at least 4 members (excludes halogenated alkanes) is 18. The van der Waals surface area contributed by atoms with Gasteiger partial charge in [0.25, 0.3) is 23.6 Å². The first-order valence-corrected chi connectivity index (χ1v) is 21.8. The summed E-state index contributed by atoms with van der Waals surface area (Å²) in [5, 5.41) is 0. The number of ether oxygens (including phenoxy) is 2. The topological polar surface area (TPSA) is 135 Å². The first-order chi connectivity index (χ1) is 28.4. The van der Waals surface area contributed by atoms with Gasteiger partial charge in [0, 0.05) is 22.3 Å². The molecular weight excluding hydrogens is 729 g/mol. The Morgan fingerprint density at radius 3 is 1.16 bits per heavy atom. The molecule has 4 N–H and O–H groups in total. The Labute approximate surface area is 347 Å². The summed E-state index contributed by atoms with van der Waals surface area (Å²) in [7, 11) is 0. The van der Waals surface area contributed by atoms with Crippen molar-refractivity contribution in [2.75, 3.05) is 13.2 Å². The van der Waals surface area contributed by atoms with Gasteiger partial charge in [-0.05, 0) is 85.1 Å². The van der Waals surface area contributed by atoms with E-state index >= 15 is 0 Å². The smallest absolute Gasteiger partial charge is 0.270 e. The highest BCUT2D eigenvalue weighted by molar-refractivity contribution is 6.03. The molecule has 3 aromatic rings. The molecule has 0 saturated carbocycles. The number of carbonyl (C=O) groups excluding carboxylic acids is 4. The Hall–Kier alpha value is -5.12. The minimum absolute atomic E-state index is 0.196. The summed E-state index contributed by atoms with van der Waals surface area (Å²) in [5.41, 5.74) is 11.1. The van der Waals surface area contributed by atoms with Gasteiger partial charge in [0.15, 0.2) is 0 Å². The molecule has 10 heteroatoms. The van der Waals surface area contributed by atoms with E-state index in [1.165, 1.54) is 127 Å². The molecule has 3 rings (SSSR count). The van der Waals surface area contributed by atoms with Crippen LogP contribution in [0.5, 0.6) is 11.5 Å². The average Bonchev–Trinajstić information content (AvgIpc) is 3.25. The van der Waals surface area contributed by atoms with Gasteiger partial charge in [0.05, 0.1) is 13.2 Å². The SMILES string of the molecule is C=Cc1cc(C(=O)NNC(=O)c2ccc(OCCCCCCCCCCCC)cc2)ccc1C(=O)NNC(=O)c1ccc(OCCCCCCCCCCCC)cc1. The molecule has 10 nitrogen and oxygen atoms in total. The van der Waals surface area contributed by atoms with Crippen molar-refractivity contribution in [1.29, 1.82) is 0 Å². The Bertz CT molecular complexity index is 1660. The number of hydrazine groups is 2. The van der Waals surface area contributed by atoms with Crippen LogP contribution in [0.25, 0.3) is 6.08 Å². The van der Waals surface area contributed by atoms with Crippen molar-refractivity contribution in [3.63, 3.8) is 0 Å². The molecule has 0 fully saturated rings. The van der Waals surface area contributed by atoms with Crippen molar-refractivity contribution in [3.05, 3.63) is 101 Å². The van der Waals surface area contributed by atoms with Crippen molar-refractivity contribution in [1.82, 2.24) is 21.7 Å². The zero-order valence-electron chi connectivity index (χ0n) is 35.1. The molecule has 0 aromatic heterocycles. The van der Waals surface area contributed by atoms with Crippen LogP contribution in [0, 0.1) is 0 Å². The molecule has 0 aliphatic carbocycles. The Kier molecular flexibility index (Phi) is 23.7. The fourth-order valence-corrected chi connectivity index (χ4v) is 6.55. The third-order valence-corrected chi connectivity index (χ3v) is 10.1. The van der Waals surface area contributed by atoms with Crippen LogP contribution < -0.4 is 31.2 Å². The van der Waals surface area contributed by atoms with Gasteiger partial charge in [0.1, 0.15) is 11.5 Å². The summed E-state index contributed by atoms with van der Waals surface area (Å²) in [6, 6.07) is 17.9. The minimum atomic E-state index is -0.587. The summed E-state index contributed by atoms with van der Waals surface area (Å²) in [4.78, 5) is 51.3. The highest BCUT2D eigenvalue weighted by Gasteiger charge is 2.16. The fourth-order valence-electron chi connectivity index (χ4n) is 6.55. The van der Waals surface area contributed by atoms with E-state index in [1.54, 1.807) is 48.5 Å². The molecule has 0 atom stereocenters. The zero-order valence-corrected chi connectivity index (χ0v) is 35.1. The lowest BCUT2D eigenvalue weighted by molar-refractivity contribution is 0.0844. The minimum Gasteiger partial charge on any atom is -0.494 e. The summed E-state index contributed by atoms with van der Waals surface area (Å²) in [6.45, 7) is 9.50. The molecule has 0 aliphatic rings. The Morgan fingerprint density at radius 2 is 0.776 bits per heavy atom. The molecule has 0 bridgehead atoms. The van der Waals surface area contributed by atoms with Crippen molar-refractivity contribution in [3.8, 4) is 11.5 Å². The molecule has 0 unspecified atom stereocenters. The van der Waals surface area contributed by atoms with Crippen LogP contribution in [0.2, 0.25) is 0 Å². The van der Waals surface area contributed by atoms with Gasteiger partial charge in [-0.2, -0.15) is 0 Å². The third-order valence-electron chi connectivity index (χ3n) is 10.1. The molecule has 0 radical (unpaired) electrons. The third kappa shape index (κ3) is 18.9. The van der Waals surface area contributed by atoms with Gasteiger partial charge in [0.2, 0.25) is 0 Å². The maximum atomic E-state index is 13.0. The first kappa shape index (κ1) is 47.3. The quantitative estimate of drug-likeness (QED) is 0.0408. The highest BCUT2D eigenvalue weighted by Crippen LogP contribution is 2.17. The summed E-state index contributed by atoms with van der Waals surface area (Å²) >= 11 is 0. The van der Waals surface area contributed by atoms with Gasteiger partial charge >= 0.3 is 0 Å². The van der Waals surface area contributed by atoms with Gasteiger partial charge in [-0.3, -0.25) is 40.9 Å². The van der Waals surface area contributed by atoms with Crippen LogP contribution in [-0.4, -0.2) is 36.8 Å². The molecular formula is C48H68N4O6. The highest BCUT2D eigenvalue weighted by atomic mass is 16.5. The van der Waals surface area contributed by atoms with E-state index in [2.05, 4.69) is 42.1 Å². The van der Waals surface area contributed by atoms with Gasteiger partial charge in [-0.15, -0.1) is 0 Å². The molecule has 0 heterocycles. The number of hydrogen-bond donors (Lipinski definition) is 4. The Morgan fingerprint density at radius 1 is 0.448 bits per heavy atom. The molecule has 58 heavy (non-hydrogen) atoms. The van der Waals surface area contributed by atoms with Crippen LogP contribution in [0.4, 0.5) is 0 Å². The monoisotopic (exact) mass is 797 g/mol. The van der Waals surface area contributed by atoms with Crippen LogP contribution in [0.1, 0.15) is 189 Å². The standard InChI is InChI=1S/C48H68N4O6/c1-4-7-9-11-13-15-17-19-21-23-35-57-42-30-25-39(26-31-42)45(53)49-51-47(55)41-29-34-44(38(6-3)37-41)48(56)52-50-46(54)40-27-32-43(33-28-40)58-36-24-22-20-18-16-14-12-10-8-5-2/h6,25-34,37H,3-5,7-24,35-36H2,1-2H3,(H,49,53)(H,50,54)(H,51,55)(H,52,56). The number of hydrogen-bond acceptors (Lipinski definition) is 6. The molecule has 316 valence electrons. The van der Waals surface area contributed by atoms with E-state index in [4.69, 9.17) is 9.47 Å². The van der Waals surface area contributed by atoms with Crippen LogP contribution in [0.15, 0.2) is 73.3 Å². The maximum Gasteiger partial charge on any atom is 0.270 e. The average molecular weight is 797 g/mol. The Balaban J connectivity index is 1.33. The lowest BCUT2D eigenvalue weighted by atomic mass is 10.0. The summed E-state index contributed by atoms with van der Waals surface area (Å²) < 4.78 is 11.7. The molecule has 4 amide bonds. The van der Waals surface area contributed by atoms with E-state index in [0.717, 1.165) is 25.7 Å². The molecule has 0 aliphatic heterocycles. The molecule has 3 aromatic carbocycles. The summed E-state index contributed by atoms with van der Waals surface area (Å²) in [5.74, 6) is -0.777. The van der Waals surface area contributed by atoms with E-state index in [9.17, 15) is 19.2 Å². The maximum absolute atomic E-state index is 13.0. The van der Waals surface area contributed by atoms with Crippen molar-refractivity contribution >= 4 is 29.7 Å². The number of carbonyl (C=O) groups is 4. The van der Waals surface area contributed by atoms with Gasteiger partial charge in [-0.25, -0.2) is 0 Å². The second kappa shape index (κ2) is 29.1. The van der Waals surface area contributed by atoms with E-state index in [1.807, 2.05) is 0 Å². The van der Waals surface area contributed by atoms with Gasteiger partial charge < -0.3 is 9.47 Å². The fraction of sp³-hybridized carbons (Fsp3) is 0.500. The number of amides is 4. The van der Waals surface area contributed by atoms with E-state index in [0.29, 0.717) is 41.4 Å². The van der Waals surface area contributed by atoms with Crippen molar-refractivity contribution < 1.29 is 28.7 Å². The predicted molar refractivity (Wildman–Crippen MR) is 234 cm³/mol. The van der Waals surface area contributed by atoms with E-state index in [-0.39, 0.29) is 11.1 Å². The van der Waals surface area contributed by atoms with Crippen molar-refractivity contribution in [2.45, 2.75) is 142 Å². The van der Waals surface area contributed by atoms with E-state index < -0.39 is 23.6 Å². The first-order valence-electron chi connectivity index (χ1n) is 21.8. The largest absolute Gasteiger partial charge is 0.494 e. The normalized spacial score (nSPS) is 10.7. The lowest BCUT2D eigenvalue weighted by Crippen LogP contribution is -2.42. The van der Waals surface area contributed by atoms with Crippen LogP contribution >= 0.6 is 0 Å². The lowest BCUT2D eigenvalue weighted by Gasteiger charge is -2.12. The molecule has 0 saturated heterocycles. The predicted octanol–water partition coefficient (Wildman–Crippen LogP) is 11.1. The number of nitrogens with one attached hydrogen (secondary N) is 4. The molecule has 0 spiro atoms. The van der Waals surface area contributed by atoms with Crippen LogP contribution in [0.3, 0.4) is 0 Å². The van der Waals surface area contributed by atoms with Gasteiger partial charge in [-0.1, -0.05) is 142 Å². The second-order valence-corrected chi connectivity index (χ2v) is 14.9. The summed E-state index contributed by atoms with van der Waals surface area (Å²) in [6.07, 6.45) is 26.6. The zero-order chi connectivity index (χ0) is 41.6. The second-order valence-electron chi connectivity index (χ2n) is 14.9. The number of benzene rings is 3. The number of rotatable bonds is 29. The van der Waals surface area contributed by atoms with Crippen LogP contribution in [-0.2, 0) is 0 Å². The van der Waals surface area contributed by atoms with Crippen molar-refractivity contribution in [2.24, 2.45) is 0 Å².